The van der Waals surface area contributed by atoms with E-state index < -0.39 is 0 Å². The molecule has 0 aromatic rings. The van der Waals surface area contributed by atoms with Crippen LogP contribution in [0.15, 0.2) is 10.2 Å². The molecule has 0 aromatic heterocycles. The van der Waals surface area contributed by atoms with Gasteiger partial charge in [-0.1, -0.05) is 13.3 Å². The summed E-state index contributed by atoms with van der Waals surface area (Å²) in [6, 6.07) is 0. The molecule has 0 atom stereocenters. The summed E-state index contributed by atoms with van der Waals surface area (Å²) >= 11 is 0. The van der Waals surface area contributed by atoms with Crippen LogP contribution in [0.4, 0.5) is 0 Å². The Morgan fingerprint density at radius 2 is 2.18 bits per heavy atom. The molecule has 5 nitrogen and oxygen atoms in total. The third-order valence-corrected chi connectivity index (χ3v) is 1.38. The minimum Gasteiger partial charge on any atom is -0.367 e. The van der Waals surface area contributed by atoms with Crippen LogP contribution in [0.5, 0.6) is 0 Å². The highest BCUT2D eigenvalue weighted by Gasteiger charge is 2.02. The normalized spacial score (nSPS) is 16.1. The third kappa shape index (κ3) is 2.45. The average molecular weight is 155 g/mol. The smallest absolute Gasteiger partial charge is 0.232 e. The lowest BCUT2D eigenvalue weighted by molar-refractivity contribution is 0.776. The molecule has 0 bridgehead atoms. The molecule has 1 aliphatic rings. The standard InChI is InChI=1S/C6H13N5/c1-2-3-4-5-8-10-6(7)11-9-5/h2-4H2,1H3,(H,8,9)(H3,7,10,11). The van der Waals surface area contributed by atoms with E-state index in [-0.39, 0.29) is 0 Å². The number of nitrogens with one attached hydrogen (secondary N) is 2. The summed E-state index contributed by atoms with van der Waals surface area (Å²) in [5.74, 6) is 1.16. The molecule has 5 heteroatoms. The summed E-state index contributed by atoms with van der Waals surface area (Å²) in [6.45, 7) is 2.13. The summed E-state index contributed by atoms with van der Waals surface area (Å²) in [5.41, 5.74) is 10.6. The van der Waals surface area contributed by atoms with Gasteiger partial charge in [-0.15, -0.1) is 5.10 Å². The maximum Gasteiger partial charge on any atom is 0.232 e. The number of guanidine groups is 1. The van der Waals surface area contributed by atoms with E-state index in [9.17, 15) is 0 Å². The molecule has 62 valence electrons. The van der Waals surface area contributed by atoms with Crippen LogP contribution in [0, 0.1) is 0 Å². The highest BCUT2D eigenvalue weighted by molar-refractivity contribution is 5.88. The number of hydrogen-bond donors (Lipinski definition) is 3. The van der Waals surface area contributed by atoms with Gasteiger partial charge < -0.3 is 5.73 Å². The van der Waals surface area contributed by atoms with E-state index in [1.54, 1.807) is 0 Å². The Labute approximate surface area is 65.7 Å². The quantitative estimate of drug-likeness (QED) is 0.533. The number of unbranched alkanes of at least 4 members (excludes halogenated alkanes) is 1. The van der Waals surface area contributed by atoms with Crippen molar-refractivity contribution in [3.8, 4) is 0 Å². The van der Waals surface area contributed by atoms with E-state index >= 15 is 0 Å². The van der Waals surface area contributed by atoms with E-state index in [1.807, 2.05) is 0 Å². The van der Waals surface area contributed by atoms with Crippen molar-refractivity contribution in [3.05, 3.63) is 0 Å². The van der Waals surface area contributed by atoms with Gasteiger partial charge in [0.1, 0.15) is 5.84 Å². The van der Waals surface area contributed by atoms with Gasteiger partial charge in [0, 0.05) is 6.42 Å². The topological polar surface area (TPSA) is 74.8 Å². The number of hydrazone groups is 2. The van der Waals surface area contributed by atoms with E-state index in [0.29, 0.717) is 5.96 Å². The van der Waals surface area contributed by atoms with Crippen LogP contribution in [-0.2, 0) is 0 Å². The largest absolute Gasteiger partial charge is 0.367 e. The Kier molecular flexibility index (Phi) is 2.71. The van der Waals surface area contributed by atoms with Crippen molar-refractivity contribution in [2.24, 2.45) is 15.9 Å². The first kappa shape index (κ1) is 7.84. The number of amidine groups is 1. The summed E-state index contributed by atoms with van der Waals surface area (Å²) in [7, 11) is 0. The average Bonchev–Trinajstić information content (AvgIpc) is 2.04. The molecule has 0 radical (unpaired) electrons. The summed E-state index contributed by atoms with van der Waals surface area (Å²) in [6.07, 6.45) is 3.18. The van der Waals surface area contributed by atoms with Crippen molar-refractivity contribution in [1.29, 1.82) is 0 Å². The molecular formula is C6H13N5. The van der Waals surface area contributed by atoms with Crippen molar-refractivity contribution < 1.29 is 0 Å². The van der Waals surface area contributed by atoms with Gasteiger partial charge in [-0.3, -0.25) is 5.43 Å². The summed E-state index contributed by atoms with van der Waals surface area (Å²) < 4.78 is 0. The fraction of sp³-hybridized carbons (Fsp3) is 0.667. The first-order chi connectivity index (χ1) is 5.33. The zero-order valence-electron chi connectivity index (χ0n) is 6.59. The van der Waals surface area contributed by atoms with Crippen molar-refractivity contribution in [3.63, 3.8) is 0 Å². The Balaban J connectivity index is 2.27. The number of rotatable bonds is 3. The van der Waals surface area contributed by atoms with Crippen LogP contribution >= 0.6 is 0 Å². The van der Waals surface area contributed by atoms with Gasteiger partial charge in [-0.05, 0) is 6.42 Å². The third-order valence-electron chi connectivity index (χ3n) is 1.38. The Hall–Kier alpha value is -1.26. The Bertz CT molecular complexity index is 183. The molecule has 4 N–H and O–H groups in total. The molecule has 0 aromatic carbocycles. The molecule has 0 unspecified atom stereocenters. The lowest BCUT2D eigenvalue weighted by atomic mass is 10.2. The zero-order valence-corrected chi connectivity index (χ0v) is 6.59. The first-order valence-electron chi connectivity index (χ1n) is 3.74. The van der Waals surface area contributed by atoms with Gasteiger partial charge in [-0.25, -0.2) is 5.43 Å². The van der Waals surface area contributed by atoms with Crippen LogP contribution in [0.3, 0.4) is 0 Å². The van der Waals surface area contributed by atoms with Crippen molar-refractivity contribution in [1.82, 2.24) is 10.9 Å². The minimum atomic E-state index is 0.310. The number of nitrogens with two attached hydrogens (primary N) is 1. The molecule has 0 saturated heterocycles. The molecule has 1 rings (SSSR count). The highest BCUT2D eigenvalue weighted by Crippen LogP contribution is 1.95. The molecule has 0 fully saturated rings. The van der Waals surface area contributed by atoms with E-state index in [4.69, 9.17) is 5.73 Å². The van der Waals surface area contributed by atoms with Crippen molar-refractivity contribution >= 4 is 11.8 Å². The van der Waals surface area contributed by atoms with E-state index in [0.717, 1.165) is 25.1 Å². The molecule has 0 saturated carbocycles. The van der Waals surface area contributed by atoms with Gasteiger partial charge in [0.2, 0.25) is 5.96 Å². The van der Waals surface area contributed by atoms with Crippen molar-refractivity contribution in [2.45, 2.75) is 26.2 Å². The van der Waals surface area contributed by atoms with E-state index in [2.05, 4.69) is 28.0 Å². The maximum absolute atomic E-state index is 5.29. The zero-order chi connectivity index (χ0) is 8.10. The number of nitrogens with zero attached hydrogens (tertiary/aromatic N) is 2. The van der Waals surface area contributed by atoms with Gasteiger partial charge in [-0.2, -0.15) is 5.10 Å². The van der Waals surface area contributed by atoms with E-state index in [1.165, 1.54) is 0 Å². The van der Waals surface area contributed by atoms with Crippen molar-refractivity contribution in [2.75, 3.05) is 0 Å². The maximum atomic E-state index is 5.29. The predicted molar refractivity (Wildman–Crippen MR) is 44.9 cm³/mol. The van der Waals surface area contributed by atoms with Gasteiger partial charge in [0.05, 0.1) is 0 Å². The molecule has 11 heavy (non-hydrogen) atoms. The summed E-state index contributed by atoms with van der Waals surface area (Å²) in [5, 5.41) is 7.71. The predicted octanol–water partition coefficient (Wildman–Crippen LogP) is -0.0874. The summed E-state index contributed by atoms with van der Waals surface area (Å²) in [4.78, 5) is 0. The van der Waals surface area contributed by atoms with Crippen LogP contribution < -0.4 is 16.6 Å². The lowest BCUT2D eigenvalue weighted by Gasteiger charge is -2.10. The first-order valence-corrected chi connectivity index (χ1v) is 3.74. The molecule has 1 aliphatic heterocycles. The second-order valence-corrected chi connectivity index (χ2v) is 2.38. The Morgan fingerprint density at radius 3 is 2.73 bits per heavy atom. The SMILES string of the molecule is CCCCC1=NNC(N)=NN1. The molecule has 1 heterocycles. The lowest BCUT2D eigenvalue weighted by Crippen LogP contribution is -2.38. The van der Waals surface area contributed by atoms with Gasteiger partial charge in [0.25, 0.3) is 0 Å². The second kappa shape index (κ2) is 3.80. The van der Waals surface area contributed by atoms with Gasteiger partial charge >= 0.3 is 0 Å². The molecule has 0 spiro atoms. The molecular weight excluding hydrogens is 142 g/mol. The van der Waals surface area contributed by atoms with Crippen LogP contribution in [-0.4, -0.2) is 11.8 Å². The highest BCUT2D eigenvalue weighted by atomic mass is 15.5. The number of hydrogen-bond acceptors (Lipinski definition) is 5. The van der Waals surface area contributed by atoms with Crippen LogP contribution in [0.1, 0.15) is 26.2 Å². The van der Waals surface area contributed by atoms with Crippen LogP contribution in [0.25, 0.3) is 0 Å². The van der Waals surface area contributed by atoms with Crippen LogP contribution in [0.2, 0.25) is 0 Å². The monoisotopic (exact) mass is 155 g/mol. The fourth-order valence-corrected chi connectivity index (χ4v) is 0.756. The fourth-order valence-electron chi connectivity index (χ4n) is 0.756. The second-order valence-electron chi connectivity index (χ2n) is 2.38. The van der Waals surface area contributed by atoms with Gasteiger partial charge in [0.15, 0.2) is 0 Å². The molecule has 0 aliphatic carbocycles. The molecule has 0 amide bonds. The Morgan fingerprint density at radius 1 is 1.36 bits per heavy atom. The minimum absolute atomic E-state index is 0.310.